The second-order valence-corrected chi connectivity index (χ2v) is 6.11. The fourth-order valence-corrected chi connectivity index (χ4v) is 2.47. The van der Waals surface area contributed by atoms with Gasteiger partial charge >= 0.3 is 12.1 Å². The summed E-state index contributed by atoms with van der Waals surface area (Å²) in [5.74, 6) is -1.32. The molecule has 2 N–H and O–H groups in total. The van der Waals surface area contributed by atoms with Gasteiger partial charge < -0.3 is 19.3 Å². The van der Waals surface area contributed by atoms with Gasteiger partial charge in [-0.1, -0.05) is 36.4 Å². The Labute approximate surface area is 174 Å². The minimum atomic E-state index is -1.23. The number of methoxy groups -OCH3 is 1. The van der Waals surface area contributed by atoms with Crippen LogP contribution in [0.5, 0.6) is 11.5 Å². The Balaban J connectivity index is 2.33. The first-order chi connectivity index (χ1) is 14.3. The molecule has 0 heterocycles. The highest BCUT2D eigenvalue weighted by Gasteiger charge is 2.23. The number of hydrogen-bond acceptors (Lipinski definition) is 7. The molecule has 0 saturated carbocycles. The Bertz CT molecular complexity index is 938. The predicted molar refractivity (Wildman–Crippen MR) is 110 cm³/mol. The number of imide groups is 1. The van der Waals surface area contributed by atoms with Crippen molar-refractivity contribution in [1.29, 1.82) is 0 Å². The molecule has 0 unspecified atom stereocenters. The van der Waals surface area contributed by atoms with Crippen molar-refractivity contribution in [2.24, 2.45) is 0 Å². The highest BCUT2D eigenvalue weighted by atomic mass is 16.6. The van der Waals surface area contributed by atoms with E-state index in [2.05, 4.69) is 4.74 Å². The zero-order valence-corrected chi connectivity index (χ0v) is 16.9. The van der Waals surface area contributed by atoms with E-state index in [1.165, 1.54) is 13.0 Å². The van der Waals surface area contributed by atoms with Crippen molar-refractivity contribution in [2.75, 3.05) is 13.7 Å². The van der Waals surface area contributed by atoms with E-state index in [0.29, 0.717) is 17.7 Å². The first-order valence-electron chi connectivity index (χ1n) is 9.18. The largest absolute Gasteiger partial charge is 0.504 e. The van der Waals surface area contributed by atoms with Crippen molar-refractivity contribution >= 4 is 29.6 Å². The van der Waals surface area contributed by atoms with E-state index in [1.807, 2.05) is 5.32 Å². The number of phenols is 1. The Morgan fingerprint density at radius 1 is 1.13 bits per heavy atom. The number of aromatic hydroxyl groups is 1. The first kappa shape index (κ1) is 22.5. The standard InChI is InChI=1S/C22H23NO7/c1-4-29-19-13-15(10-11-18(19)24)12-17(16-8-6-5-7-9-16)21(26)30-14(2)20(25)23-22(27)28-3/h5-14,24H,4H2,1-3H3,(H,23,25,27)/b17-12+/t14-/m1/s1. The Morgan fingerprint density at radius 3 is 2.47 bits per heavy atom. The molecule has 0 aromatic heterocycles. The predicted octanol–water partition coefficient (Wildman–Crippen LogP) is 3.15. The molecule has 8 nitrogen and oxygen atoms in total. The summed E-state index contributed by atoms with van der Waals surface area (Å²) in [6.45, 7) is 3.49. The summed E-state index contributed by atoms with van der Waals surface area (Å²) in [7, 11) is 1.11. The van der Waals surface area contributed by atoms with E-state index in [1.54, 1.807) is 55.5 Å². The Hall–Kier alpha value is -3.81. The van der Waals surface area contributed by atoms with Gasteiger partial charge in [0.1, 0.15) is 0 Å². The number of rotatable bonds is 7. The summed E-state index contributed by atoms with van der Waals surface area (Å²) in [4.78, 5) is 36.0. The van der Waals surface area contributed by atoms with Gasteiger partial charge in [0, 0.05) is 0 Å². The fraction of sp³-hybridized carbons (Fsp3) is 0.227. The lowest BCUT2D eigenvalue weighted by molar-refractivity contribution is -0.149. The smallest absolute Gasteiger partial charge is 0.413 e. The van der Waals surface area contributed by atoms with Crippen LogP contribution in [0.3, 0.4) is 0 Å². The maximum Gasteiger partial charge on any atom is 0.413 e. The summed E-state index contributed by atoms with van der Waals surface area (Å²) < 4.78 is 15.0. The van der Waals surface area contributed by atoms with Crippen molar-refractivity contribution < 1.29 is 33.7 Å². The van der Waals surface area contributed by atoms with Crippen LogP contribution in [0.1, 0.15) is 25.0 Å². The summed E-state index contributed by atoms with van der Waals surface area (Å²) in [5.41, 5.74) is 1.33. The third-order valence-corrected chi connectivity index (χ3v) is 3.96. The third-order valence-electron chi connectivity index (χ3n) is 3.96. The van der Waals surface area contributed by atoms with E-state index in [-0.39, 0.29) is 17.1 Å². The number of benzene rings is 2. The SMILES string of the molecule is CCOc1cc(/C=C(/C(=O)O[C@H](C)C(=O)NC(=O)OC)c2ccccc2)ccc1O. The van der Waals surface area contributed by atoms with Crippen LogP contribution in [0.15, 0.2) is 48.5 Å². The molecule has 0 radical (unpaired) electrons. The lowest BCUT2D eigenvalue weighted by atomic mass is 10.0. The molecular weight excluding hydrogens is 390 g/mol. The molecular formula is C22H23NO7. The quantitative estimate of drug-likeness (QED) is 0.407. The lowest BCUT2D eigenvalue weighted by Gasteiger charge is -2.14. The third kappa shape index (κ3) is 6.10. The minimum Gasteiger partial charge on any atom is -0.504 e. The number of phenolic OH excluding ortho intramolecular Hbond substituents is 1. The van der Waals surface area contributed by atoms with Crippen molar-refractivity contribution in [1.82, 2.24) is 5.32 Å². The van der Waals surface area contributed by atoms with Crippen molar-refractivity contribution in [3.8, 4) is 11.5 Å². The van der Waals surface area contributed by atoms with Crippen LogP contribution in [0.2, 0.25) is 0 Å². The van der Waals surface area contributed by atoms with Gasteiger partial charge in [0.25, 0.3) is 5.91 Å². The van der Waals surface area contributed by atoms with E-state index < -0.39 is 24.1 Å². The van der Waals surface area contributed by atoms with Crippen molar-refractivity contribution in [3.63, 3.8) is 0 Å². The average molecular weight is 413 g/mol. The van der Waals surface area contributed by atoms with E-state index in [4.69, 9.17) is 9.47 Å². The van der Waals surface area contributed by atoms with Gasteiger partial charge in [-0.3, -0.25) is 10.1 Å². The highest BCUT2D eigenvalue weighted by molar-refractivity contribution is 6.22. The van der Waals surface area contributed by atoms with E-state index in [0.717, 1.165) is 7.11 Å². The molecule has 2 aromatic carbocycles. The first-order valence-corrected chi connectivity index (χ1v) is 9.18. The zero-order valence-electron chi connectivity index (χ0n) is 16.9. The maximum atomic E-state index is 12.8. The van der Waals surface area contributed by atoms with Crippen LogP contribution in [0.25, 0.3) is 11.6 Å². The summed E-state index contributed by atoms with van der Waals surface area (Å²) in [6, 6.07) is 13.4. The summed E-state index contributed by atoms with van der Waals surface area (Å²) in [6.07, 6.45) is -0.623. The normalized spacial score (nSPS) is 11.9. The van der Waals surface area contributed by atoms with Gasteiger partial charge in [0.15, 0.2) is 17.6 Å². The van der Waals surface area contributed by atoms with Crippen LogP contribution in [-0.2, 0) is 19.1 Å². The molecule has 0 spiro atoms. The fourth-order valence-electron chi connectivity index (χ4n) is 2.47. The number of esters is 1. The van der Waals surface area contributed by atoms with Crippen LogP contribution in [0.4, 0.5) is 4.79 Å². The molecule has 2 amide bonds. The van der Waals surface area contributed by atoms with Crippen LogP contribution >= 0.6 is 0 Å². The molecule has 1 atom stereocenters. The van der Waals surface area contributed by atoms with Gasteiger partial charge in [0.05, 0.1) is 19.3 Å². The Kier molecular flexibility index (Phi) is 7.99. The highest BCUT2D eigenvalue weighted by Crippen LogP contribution is 2.29. The number of amides is 2. The lowest BCUT2D eigenvalue weighted by Crippen LogP contribution is -2.39. The van der Waals surface area contributed by atoms with Crippen LogP contribution in [-0.4, -0.2) is 42.9 Å². The minimum absolute atomic E-state index is 0.0223. The van der Waals surface area contributed by atoms with Crippen LogP contribution < -0.4 is 10.1 Å². The van der Waals surface area contributed by atoms with E-state index in [9.17, 15) is 19.5 Å². The second-order valence-electron chi connectivity index (χ2n) is 6.11. The van der Waals surface area contributed by atoms with Crippen molar-refractivity contribution in [2.45, 2.75) is 20.0 Å². The number of carbonyl (C=O) groups excluding carboxylic acids is 3. The number of ether oxygens (including phenoxy) is 3. The van der Waals surface area contributed by atoms with Gasteiger partial charge in [-0.2, -0.15) is 0 Å². The molecule has 0 aliphatic rings. The molecule has 2 rings (SSSR count). The molecule has 8 heteroatoms. The molecule has 30 heavy (non-hydrogen) atoms. The molecule has 0 aliphatic heterocycles. The molecule has 0 fully saturated rings. The molecule has 158 valence electrons. The number of hydrogen-bond donors (Lipinski definition) is 2. The number of nitrogens with one attached hydrogen (secondary N) is 1. The average Bonchev–Trinajstić information content (AvgIpc) is 2.74. The zero-order chi connectivity index (χ0) is 22.1. The second kappa shape index (κ2) is 10.7. The van der Waals surface area contributed by atoms with Gasteiger partial charge in [-0.25, -0.2) is 9.59 Å². The van der Waals surface area contributed by atoms with E-state index >= 15 is 0 Å². The molecule has 0 aliphatic carbocycles. The monoisotopic (exact) mass is 413 g/mol. The molecule has 0 bridgehead atoms. The van der Waals surface area contributed by atoms with Gasteiger partial charge in [-0.15, -0.1) is 0 Å². The van der Waals surface area contributed by atoms with Gasteiger partial charge in [-0.05, 0) is 43.2 Å². The number of carbonyl (C=O) groups is 3. The van der Waals surface area contributed by atoms with Crippen molar-refractivity contribution in [3.05, 3.63) is 59.7 Å². The van der Waals surface area contributed by atoms with Gasteiger partial charge in [0.2, 0.25) is 0 Å². The molecule has 2 aromatic rings. The summed E-state index contributed by atoms with van der Waals surface area (Å²) >= 11 is 0. The van der Waals surface area contributed by atoms with Crippen LogP contribution in [0, 0.1) is 0 Å². The molecule has 0 saturated heterocycles. The Morgan fingerprint density at radius 2 is 1.83 bits per heavy atom. The summed E-state index contributed by atoms with van der Waals surface area (Å²) in [5, 5.41) is 11.8. The number of alkyl carbamates (subject to hydrolysis) is 1. The topological polar surface area (TPSA) is 111 Å². The maximum absolute atomic E-state index is 12.8.